The Kier molecular flexibility index (Phi) is 3.66. The number of hydrogen-bond donors (Lipinski definition) is 2. The van der Waals surface area contributed by atoms with E-state index in [1.807, 2.05) is 12.1 Å². The van der Waals surface area contributed by atoms with Crippen LogP contribution in [-0.4, -0.2) is 23.6 Å². The largest absolute Gasteiger partial charge is 0.409 e. The molecule has 0 bridgehead atoms. The summed E-state index contributed by atoms with van der Waals surface area (Å²) in [5, 5.41) is 12.1. The van der Waals surface area contributed by atoms with Gasteiger partial charge in [-0.1, -0.05) is 23.7 Å². The zero-order chi connectivity index (χ0) is 13.3. The van der Waals surface area contributed by atoms with E-state index in [9.17, 15) is 0 Å². The van der Waals surface area contributed by atoms with E-state index in [1.165, 1.54) is 6.42 Å². The summed E-state index contributed by atoms with van der Waals surface area (Å²) in [5.41, 5.74) is 7.20. The number of oxime groups is 1. The molecule has 0 aromatic heterocycles. The van der Waals surface area contributed by atoms with Gasteiger partial charge in [-0.15, -0.1) is 0 Å². The molecule has 1 aromatic rings. The average molecular weight is 268 g/mol. The molecule has 4 nitrogen and oxygen atoms in total. The van der Waals surface area contributed by atoms with E-state index < -0.39 is 0 Å². The average Bonchev–Trinajstić information content (AvgIpc) is 2.67. The highest BCUT2D eigenvalue weighted by atomic mass is 35.5. The first-order valence-electron chi connectivity index (χ1n) is 6.07. The molecule has 0 saturated carbocycles. The van der Waals surface area contributed by atoms with Gasteiger partial charge in [0.05, 0.1) is 5.02 Å². The van der Waals surface area contributed by atoms with Gasteiger partial charge in [0.1, 0.15) is 0 Å². The van der Waals surface area contributed by atoms with Crippen LogP contribution in [0.2, 0.25) is 5.02 Å². The number of nitrogens with two attached hydrogens (primary N) is 1. The number of hydrogen-bond acceptors (Lipinski definition) is 3. The Morgan fingerprint density at radius 1 is 1.50 bits per heavy atom. The van der Waals surface area contributed by atoms with Gasteiger partial charge < -0.3 is 15.8 Å². The van der Waals surface area contributed by atoms with Gasteiger partial charge in [0.25, 0.3) is 0 Å². The van der Waals surface area contributed by atoms with Crippen molar-refractivity contribution < 1.29 is 5.21 Å². The molecule has 1 heterocycles. The van der Waals surface area contributed by atoms with Gasteiger partial charge >= 0.3 is 0 Å². The lowest BCUT2D eigenvalue weighted by Gasteiger charge is -2.24. The molecule has 1 aliphatic heterocycles. The maximum Gasteiger partial charge on any atom is 0.171 e. The number of halogens is 1. The first-order valence-corrected chi connectivity index (χ1v) is 6.44. The number of benzene rings is 1. The fraction of sp³-hybridized carbons (Fsp3) is 0.462. The number of nitrogens with zero attached hydrogens (tertiary/aromatic N) is 2. The van der Waals surface area contributed by atoms with E-state index in [-0.39, 0.29) is 5.84 Å². The summed E-state index contributed by atoms with van der Waals surface area (Å²) >= 11 is 6.17. The van der Waals surface area contributed by atoms with Crippen LogP contribution in [0.3, 0.4) is 0 Å². The summed E-state index contributed by atoms with van der Waals surface area (Å²) in [6.07, 6.45) is 1.19. The molecular weight excluding hydrogens is 250 g/mol. The lowest BCUT2D eigenvalue weighted by molar-refractivity contribution is 0.318. The molecule has 98 valence electrons. The monoisotopic (exact) mass is 267 g/mol. The maximum atomic E-state index is 8.66. The highest BCUT2D eigenvalue weighted by molar-refractivity contribution is 6.34. The molecule has 1 saturated heterocycles. The van der Waals surface area contributed by atoms with Gasteiger partial charge in [-0.3, -0.25) is 0 Å². The summed E-state index contributed by atoms with van der Waals surface area (Å²) in [4.78, 5) is 2.34. The predicted octanol–water partition coefficient (Wildman–Crippen LogP) is 2.67. The fourth-order valence-electron chi connectivity index (χ4n) is 2.60. The van der Waals surface area contributed by atoms with Crippen LogP contribution < -0.4 is 10.6 Å². The molecule has 18 heavy (non-hydrogen) atoms. The van der Waals surface area contributed by atoms with Crippen LogP contribution in [0.25, 0.3) is 0 Å². The number of amidine groups is 1. The number of anilines is 1. The molecule has 5 heteroatoms. The van der Waals surface area contributed by atoms with E-state index in [2.05, 4.69) is 23.9 Å². The summed E-state index contributed by atoms with van der Waals surface area (Å²) in [7, 11) is 0. The molecule has 0 amide bonds. The highest BCUT2D eigenvalue weighted by Crippen LogP contribution is 2.31. The third-order valence-corrected chi connectivity index (χ3v) is 3.76. The molecule has 2 atom stereocenters. The van der Waals surface area contributed by atoms with Crippen LogP contribution in [0.1, 0.15) is 25.8 Å². The summed E-state index contributed by atoms with van der Waals surface area (Å²) in [5.74, 6) is 0.733. The summed E-state index contributed by atoms with van der Waals surface area (Å²) in [6.45, 7) is 5.51. The second-order valence-corrected chi connectivity index (χ2v) is 5.40. The van der Waals surface area contributed by atoms with Crippen LogP contribution in [-0.2, 0) is 0 Å². The quantitative estimate of drug-likeness (QED) is 0.375. The molecule has 2 rings (SSSR count). The Hall–Kier alpha value is -1.42. The molecule has 0 aliphatic carbocycles. The van der Waals surface area contributed by atoms with Crippen molar-refractivity contribution in [3.8, 4) is 0 Å². The molecule has 2 unspecified atom stereocenters. The maximum absolute atomic E-state index is 8.66. The summed E-state index contributed by atoms with van der Waals surface area (Å²) in [6, 6.07) is 6.16. The Morgan fingerprint density at radius 3 is 2.72 bits per heavy atom. The van der Waals surface area contributed by atoms with E-state index in [0.717, 1.165) is 12.2 Å². The summed E-state index contributed by atoms with van der Waals surface area (Å²) < 4.78 is 0. The number of rotatable bonds is 2. The predicted molar refractivity (Wildman–Crippen MR) is 74.6 cm³/mol. The minimum absolute atomic E-state index is 0.0365. The molecule has 1 fully saturated rings. The Bertz CT molecular complexity index is 475. The Balaban J connectivity index is 2.29. The van der Waals surface area contributed by atoms with Gasteiger partial charge in [-0.2, -0.15) is 0 Å². The van der Waals surface area contributed by atoms with Crippen molar-refractivity contribution in [1.82, 2.24) is 0 Å². The lowest BCUT2D eigenvalue weighted by atomic mass is 10.1. The van der Waals surface area contributed by atoms with Crippen molar-refractivity contribution in [1.29, 1.82) is 0 Å². The normalized spacial score (nSPS) is 24.6. The zero-order valence-corrected chi connectivity index (χ0v) is 11.4. The minimum atomic E-state index is 0.0365. The second kappa shape index (κ2) is 5.06. The molecule has 1 aromatic carbocycles. The Morgan fingerprint density at radius 2 is 2.22 bits per heavy atom. The Labute approximate surface area is 112 Å². The van der Waals surface area contributed by atoms with Crippen LogP contribution >= 0.6 is 11.6 Å². The van der Waals surface area contributed by atoms with E-state index >= 15 is 0 Å². The van der Waals surface area contributed by atoms with E-state index in [4.69, 9.17) is 22.5 Å². The molecule has 3 N–H and O–H groups in total. The fourth-order valence-corrected chi connectivity index (χ4v) is 2.88. The first-order chi connectivity index (χ1) is 8.52. The SMILES string of the molecule is CC1CC(C)N(c2ccc(/C(N)=N/O)c(Cl)c2)C1. The molecule has 0 radical (unpaired) electrons. The lowest BCUT2D eigenvalue weighted by Crippen LogP contribution is -2.26. The van der Waals surface area contributed by atoms with Crippen molar-refractivity contribution in [3.63, 3.8) is 0 Å². The van der Waals surface area contributed by atoms with Crippen molar-refractivity contribution in [2.45, 2.75) is 26.3 Å². The van der Waals surface area contributed by atoms with Crippen molar-refractivity contribution in [2.75, 3.05) is 11.4 Å². The third-order valence-electron chi connectivity index (χ3n) is 3.45. The van der Waals surface area contributed by atoms with Crippen LogP contribution in [0, 0.1) is 5.92 Å². The van der Waals surface area contributed by atoms with Gasteiger partial charge in [0.15, 0.2) is 5.84 Å². The van der Waals surface area contributed by atoms with E-state index in [0.29, 0.717) is 22.5 Å². The standard InChI is InChI=1S/C13H18ClN3O/c1-8-5-9(2)17(7-8)10-3-4-11(12(14)6-10)13(15)16-18/h3-4,6,8-9,18H,5,7H2,1-2H3,(H2,15,16). The van der Waals surface area contributed by atoms with Crippen LogP contribution in [0.5, 0.6) is 0 Å². The highest BCUT2D eigenvalue weighted by Gasteiger charge is 2.26. The van der Waals surface area contributed by atoms with Gasteiger partial charge in [0, 0.05) is 23.8 Å². The first kappa shape index (κ1) is 13.0. The third kappa shape index (κ3) is 2.38. The van der Waals surface area contributed by atoms with E-state index in [1.54, 1.807) is 6.07 Å². The minimum Gasteiger partial charge on any atom is -0.409 e. The topological polar surface area (TPSA) is 61.8 Å². The molecule has 0 spiro atoms. The van der Waals surface area contributed by atoms with Crippen molar-refractivity contribution >= 4 is 23.1 Å². The van der Waals surface area contributed by atoms with Crippen molar-refractivity contribution in [2.24, 2.45) is 16.8 Å². The van der Waals surface area contributed by atoms with Gasteiger partial charge in [-0.25, -0.2) is 0 Å². The van der Waals surface area contributed by atoms with Crippen LogP contribution in [0.15, 0.2) is 23.4 Å². The van der Waals surface area contributed by atoms with Crippen molar-refractivity contribution in [3.05, 3.63) is 28.8 Å². The second-order valence-electron chi connectivity index (χ2n) is 4.99. The zero-order valence-electron chi connectivity index (χ0n) is 10.6. The molecular formula is C13H18ClN3O. The molecule has 1 aliphatic rings. The van der Waals surface area contributed by atoms with Crippen LogP contribution in [0.4, 0.5) is 5.69 Å². The van der Waals surface area contributed by atoms with Gasteiger partial charge in [-0.05, 0) is 37.5 Å². The van der Waals surface area contributed by atoms with Gasteiger partial charge in [0.2, 0.25) is 0 Å². The smallest absolute Gasteiger partial charge is 0.171 e.